The Morgan fingerprint density at radius 3 is 2.57 bits per heavy atom. The first-order valence-corrected chi connectivity index (χ1v) is 5.97. The number of hydrogen-bond donors (Lipinski definition) is 1. The van der Waals surface area contributed by atoms with E-state index in [9.17, 15) is 28.1 Å². The van der Waals surface area contributed by atoms with E-state index >= 15 is 0 Å². The number of aliphatic carboxylic acids is 1. The maximum atomic E-state index is 13.0. The molecule has 0 aromatic heterocycles. The second-order valence-electron chi connectivity index (χ2n) is 4.83. The fraction of sp³-hybridized carbons (Fsp3) is 0.417. The van der Waals surface area contributed by atoms with Gasteiger partial charge in [-0.15, -0.1) is 0 Å². The standard InChI is InChI=1S/C12H11F3N2O4/c13-12(14,15)11(10(18)19)4-5-16(7-11)8-2-1-3-9(6-8)17(20)21/h1-3,6H,4-5,7H2,(H,18,19). The molecule has 1 saturated heterocycles. The summed E-state index contributed by atoms with van der Waals surface area (Å²) in [7, 11) is 0. The first kappa shape index (κ1) is 15.1. The minimum absolute atomic E-state index is 0.132. The predicted molar refractivity (Wildman–Crippen MR) is 66.1 cm³/mol. The molecule has 2 rings (SSSR count). The number of carboxylic acid groups (broad SMARTS) is 1. The van der Waals surface area contributed by atoms with Gasteiger partial charge in [0.1, 0.15) is 0 Å². The van der Waals surface area contributed by atoms with E-state index in [0.717, 1.165) is 6.07 Å². The minimum atomic E-state index is -4.88. The number of halogens is 3. The molecule has 0 bridgehead atoms. The van der Waals surface area contributed by atoms with Gasteiger partial charge in [0.2, 0.25) is 0 Å². The Kier molecular flexibility index (Phi) is 3.52. The molecule has 0 spiro atoms. The first-order valence-electron chi connectivity index (χ1n) is 5.97. The smallest absolute Gasteiger partial charge is 0.406 e. The SMILES string of the molecule is O=C(O)C1(C(F)(F)F)CCN(c2cccc([N+](=O)[O-])c2)C1. The number of alkyl halides is 3. The van der Waals surface area contributed by atoms with Crippen LogP contribution in [0.25, 0.3) is 0 Å². The van der Waals surface area contributed by atoms with Crippen molar-refractivity contribution in [1.82, 2.24) is 0 Å². The third-order valence-electron chi connectivity index (χ3n) is 3.63. The number of hydrogen-bond acceptors (Lipinski definition) is 4. The summed E-state index contributed by atoms with van der Waals surface area (Å²) in [5, 5.41) is 19.6. The highest BCUT2D eigenvalue weighted by atomic mass is 19.4. The molecule has 1 atom stereocenters. The van der Waals surface area contributed by atoms with Crippen LogP contribution in [0.2, 0.25) is 0 Å². The Bertz CT molecular complexity index is 590. The van der Waals surface area contributed by atoms with Gasteiger partial charge in [0.15, 0.2) is 5.41 Å². The maximum absolute atomic E-state index is 13.0. The fourth-order valence-corrected chi connectivity index (χ4v) is 2.36. The summed E-state index contributed by atoms with van der Waals surface area (Å²) in [6.45, 7) is -0.889. The van der Waals surface area contributed by atoms with Crippen molar-refractivity contribution in [3.63, 3.8) is 0 Å². The molecule has 1 N–H and O–H groups in total. The number of benzene rings is 1. The van der Waals surface area contributed by atoms with Crippen molar-refractivity contribution in [2.75, 3.05) is 18.0 Å². The Labute approximate surface area is 116 Å². The zero-order valence-electron chi connectivity index (χ0n) is 10.6. The van der Waals surface area contributed by atoms with E-state index in [0.29, 0.717) is 0 Å². The number of non-ortho nitro benzene ring substituents is 1. The average Bonchev–Trinajstić information content (AvgIpc) is 2.84. The van der Waals surface area contributed by atoms with Gasteiger partial charge in [-0.2, -0.15) is 13.2 Å². The summed E-state index contributed by atoms with van der Waals surface area (Å²) in [6, 6.07) is 5.12. The van der Waals surface area contributed by atoms with Gasteiger partial charge < -0.3 is 10.0 Å². The molecule has 9 heteroatoms. The Morgan fingerprint density at radius 1 is 1.43 bits per heavy atom. The molecule has 1 heterocycles. The lowest BCUT2D eigenvalue weighted by Gasteiger charge is -2.27. The van der Waals surface area contributed by atoms with Gasteiger partial charge in [-0.05, 0) is 12.5 Å². The third kappa shape index (κ3) is 2.50. The minimum Gasteiger partial charge on any atom is -0.481 e. The van der Waals surface area contributed by atoms with E-state index in [4.69, 9.17) is 5.11 Å². The van der Waals surface area contributed by atoms with Gasteiger partial charge in [-0.25, -0.2) is 0 Å². The summed E-state index contributed by atoms with van der Waals surface area (Å²) < 4.78 is 39.1. The number of nitro benzene ring substituents is 1. The molecule has 1 aliphatic rings. The summed E-state index contributed by atoms with van der Waals surface area (Å²) in [6.07, 6.45) is -5.47. The number of rotatable bonds is 3. The van der Waals surface area contributed by atoms with E-state index < -0.39 is 35.4 Å². The van der Waals surface area contributed by atoms with Crippen LogP contribution >= 0.6 is 0 Å². The molecular formula is C12H11F3N2O4. The zero-order chi connectivity index (χ0) is 15.8. The van der Waals surface area contributed by atoms with Crippen molar-refractivity contribution < 1.29 is 28.0 Å². The molecule has 0 amide bonds. The molecule has 1 aromatic rings. The highest BCUT2D eigenvalue weighted by Gasteiger charge is 2.63. The second kappa shape index (κ2) is 4.90. The van der Waals surface area contributed by atoms with Crippen molar-refractivity contribution in [3.8, 4) is 0 Å². The van der Waals surface area contributed by atoms with Crippen LogP contribution in [0.4, 0.5) is 24.5 Å². The van der Waals surface area contributed by atoms with Crippen LogP contribution in [0.1, 0.15) is 6.42 Å². The number of anilines is 1. The summed E-state index contributed by atoms with van der Waals surface area (Å²) in [5.41, 5.74) is -2.89. The number of carboxylic acids is 1. The van der Waals surface area contributed by atoms with Gasteiger partial charge in [0.05, 0.1) is 4.92 Å². The summed E-state index contributed by atoms with van der Waals surface area (Å²) in [4.78, 5) is 22.3. The number of carbonyl (C=O) groups is 1. The van der Waals surface area contributed by atoms with E-state index in [1.807, 2.05) is 0 Å². The molecule has 1 unspecified atom stereocenters. The molecule has 0 saturated carbocycles. The van der Waals surface area contributed by atoms with E-state index in [1.54, 1.807) is 0 Å². The highest BCUT2D eigenvalue weighted by Crippen LogP contribution is 2.46. The lowest BCUT2D eigenvalue weighted by atomic mass is 9.86. The molecule has 1 fully saturated rings. The van der Waals surface area contributed by atoms with Crippen LogP contribution in [-0.2, 0) is 4.79 Å². The zero-order valence-corrected chi connectivity index (χ0v) is 10.6. The quantitative estimate of drug-likeness (QED) is 0.685. The monoisotopic (exact) mass is 304 g/mol. The molecular weight excluding hydrogens is 293 g/mol. The molecule has 0 aliphatic carbocycles. The van der Waals surface area contributed by atoms with Gasteiger partial charge >= 0.3 is 12.1 Å². The lowest BCUT2D eigenvalue weighted by Crippen LogP contribution is -2.47. The normalized spacial score (nSPS) is 22.3. The largest absolute Gasteiger partial charge is 0.481 e. The number of nitrogens with zero attached hydrogens (tertiary/aromatic N) is 2. The number of nitro groups is 1. The lowest BCUT2D eigenvalue weighted by molar-refractivity contribution is -0.384. The second-order valence-corrected chi connectivity index (χ2v) is 4.83. The molecule has 6 nitrogen and oxygen atoms in total. The Balaban J connectivity index is 2.32. The van der Waals surface area contributed by atoms with E-state index in [1.165, 1.54) is 23.1 Å². The topological polar surface area (TPSA) is 83.7 Å². The predicted octanol–water partition coefficient (Wildman–Crippen LogP) is 2.44. The van der Waals surface area contributed by atoms with Gasteiger partial charge in [0, 0.05) is 30.9 Å². The van der Waals surface area contributed by atoms with Gasteiger partial charge in [-0.3, -0.25) is 14.9 Å². The maximum Gasteiger partial charge on any atom is 0.406 e. The Hall–Kier alpha value is -2.32. The van der Waals surface area contributed by atoms with Crippen molar-refractivity contribution in [2.45, 2.75) is 12.6 Å². The van der Waals surface area contributed by atoms with Crippen LogP contribution in [0.5, 0.6) is 0 Å². The van der Waals surface area contributed by atoms with Crippen molar-refractivity contribution in [2.24, 2.45) is 5.41 Å². The molecule has 114 valence electrons. The molecule has 21 heavy (non-hydrogen) atoms. The molecule has 1 aliphatic heterocycles. The van der Waals surface area contributed by atoms with Crippen LogP contribution in [0, 0.1) is 15.5 Å². The summed E-state index contributed by atoms with van der Waals surface area (Å²) >= 11 is 0. The van der Waals surface area contributed by atoms with Gasteiger partial charge in [-0.1, -0.05) is 6.07 Å². The first-order chi connectivity index (χ1) is 9.67. The van der Waals surface area contributed by atoms with Crippen LogP contribution in [0.15, 0.2) is 24.3 Å². The average molecular weight is 304 g/mol. The van der Waals surface area contributed by atoms with Crippen LogP contribution in [0.3, 0.4) is 0 Å². The highest BCUT2D eigenvalue weighted by molar-refractivity contribution is 5.78. The fourth-order valence-electron chi connectivity index (χ4n) is 2.36. The van der Waals surface area contributed by atoms with Crippen LogP contribution < -0.4 is 4.90 Å². The Morgan fingerprint density at radius 2 is 2.10 bits per heavy atom. The van der Waals surface area contributed by atoms with E-state index in [2.05, 4.69) is 0 Å². The summed E-state index contributed by atoms with van der Waals surface area (Å²) in [5.74, 6) is -1.93. The molecule has 1 aromatic carbocycles. The van der Waals surface area contributed by atoms with Gasteiger partial charge in [0.25, 0.3) is 5.69 Å². The van der Waals surface area contributed by atoms with E-state index in [-0.39, 0.29) is 17.9 Å². The van der Waals surface area contributed by atoms with Crippen molar-refractivity contribution in [3.05, 3.63) is 34.4 Å². The third-order valence-corrected chi connectivity index (χ3v) is 3.63. The molecule has 0 radical (unpaired) electrons. The van der Waals surface area contributed by atoms with Crippen LogP contribution in [-0.4, -0.2) is 35.3 Å². The van der Waals surface area contributed by atoms with Crippen molar-refractivity contribution >= 4 is 17.3 Å². The van der Waals surface area contributed by atoms with Crippen molar-refractivity contribution in [1.29, 1.82) is 0 Å².